The van der Waals surface area contributed by atoms with E-state index in [1.807, 2.05) is 0 Å². The highest BCUT2D eigenvalue weighted by molar-refractivity contribution is 5.77. The fourth-order valence-corrected chi connectivity index (χ4v) is 0.310. The molecule has 0 aliphatic rings. The van der Waals surface area contributed by atoms with Gasteiger partial charge in [-0.3, -0.25) is 4.79 Å². The van der Waals surface area contributed by atoms with Gasteiger partial charge in [-0.1, -0.05) is 5.18 Å². The van der Waals surface area contributed by atoms with Gasteiger partial charge >= 0.3 is 0 Å². The third kappa shape index (κ3) is 4.89. The van der Waals surface area contributed by atoms with E-state index in [0.717, 1.165) is 0 Å². The summed E-state index contributed by atoms with van der Waals surface area (Å²) in [5.41, 5.74) is 0. The molecule has 5 heteroatoms. The van der Waals surface area contributed by atoms with Crippen LogP contribution in [-0.2, 0) is 4.79 Å². The van der Waals surface area contributed by atoms with Crippen LogP contribution in [0.5, 0.6) is 0 Å². The Morgan fingerprint density at radius 1 is 1.67 bits per heavy atom. The van der Waals surface area contributed by atoms with E-state index in [1.165, 1.54) is 0 Å². The number of nitroso groups, excluding NO2 is 1. The summed E-state index contributed by atoms with van der Waals surface area (Å²) >= 11 is 0. The maximum Gasteiger partial charge on any atom is 0.245 e. The molecule has 0 aliphatic heterocycles. The normalized spacial score (nSPS) is 8.56. The SMILES string of the molecule is O=NCC(=O)NCCO. The molecule has 0 atom stereocenters. The molecule has 0 radical (unpaired) electrons. The molecule has 9 heavy (non-hydrogen) atoms. The molecule has 0 aromatic carbocycles. The number of nitrogens with zero attached hydrogens (tertiary/aromatic N) is 1. The van der Waals surface area contributed by atoms with Gasteiger partial charge < -0.3 is 10.4 Å². The van der Waals surface area contributed by atoms with Crippen LogP contribution in [0.15, 0.2) is 5.18 Å². The van der Waals surface area contributed by atoms with Gasteiger partial charge in [0, 0.05) is 6.54 Å². The van der Waals surface area contributed by atoms with E-state index in [0.29, 0.717) is 0 Å². The highest BCUT2D eigenvalue weighted by Crippen LogP contribution is 1.67. The number of aliphatic hydroxyl groups excluding tert-OH is 1. The topological polar surface area (TPSA) is 78.8 Å². The quantitative estimate of drug-likeness (QED) is 0.474. The van der Waals surface area contributed by atoms with Gasteiger partial charge in [0.05, 0.1) is 6.61 Å². The van der Waals surface area contributed by atoms with Gasteiger partial charge in [-0.05, 0) is 0 Å². The van der Waals surface area contributed by atoms with Crippen molar-refractivity contribution in [3.05, 3.63) is 4.91 Å². The molecule has 0 aromatic heterocycles. The molecule has 0 saturated carbocycles. The first-order chi connectivity index (χ1) is 4.31. The average Bonchev–Trinajstić information content (AvgIpc) is 1.85. The highest BCUT2D eigenvalue weighted by Gasteiger charge is 1.96. The van der Waals surface area contributed by atoms with Crippen molar-refractivity contribution in [2.24, 2.45) is 5.18 Å². The summed E-state index contributed by atoms with van der Waals surface area (Å²) < 4.78 is 0. The summed E-state index contributed by atoms with van der Waals surface area (Å²) in [6.07, 6.45) is 0. The van der Waals surface area contributed by atoms with Gasteiger partial charge in [0.15, 0.2) is 6.54 Å². The van der Waals surface area contributed by atoms with Crippen LogP contribution in [0.3, 0.4) is 0 Å². The molecule has 0 aromatic rings. The zero-order valence-electron chi connectivity index (χ0n) is 4.83. The van der Waals surface area contributed by atoms with Crippen molar-refractivity contribution in [2.75, 3.05) is 19.7 Å². The summed E-state index contributed by atoms with van der Waals surface area (Å²) in [6, 6.07) is 0. The minimum absolute atomic E-state index is 0.120. The number of amides is 1. The highest BCUT2D eigenvalue weighted by atomic mass is 16.3. The Bertz CT molecular complexity index is 104. The lowest BCUT2D eigenvalue weighted by atomic mass is 10.6. The molecule has 0 heterocycles. The molecule has 0 fully saturated rings. The molecule has 0 unspecified atom stereocenters. The monoisotopic (exact) mass is 132 g/mol. The molecule has 0 aliphatic carbocycles. The first kappa shape index (κ1) is 8.03. The summed E-state index contributed by atoms with van der Waals surface area (Å²) in [5, 5.41) is 12.8. The lowest BCUT2D eigenvalue weighted by Gasteiger charge is -1.95. The van der Waals surface area contributed by atoms with E-state index in [-0.39, 0.29) is 19.7 Å². The van der Waals surface area contributed by atoms with E-state index in [1.54, 1.807) is 0 Å². The maximum absolute atomic E-state index is 10.3. The Morgan fingerprint density at radius 2 is 2.33 bits per heavy atom. The summed E-state index contributed by atoms with van der Waals surface area (Å²) in [7, 11) is 0. The van der Waals surface area contributed by atoms with Crippen molar-refractivity contribution in [1.82, 2.24) is 5.32 Å². The van der Waals surface area contributed by atoms with Crippen molar-refractivity contribution >= 4 is 5.91 Å². The van der Waals surface area contributed by atoms with Gasteiger partial charge in [-0.25, -0.2) is 0 Å². The molecule has 1 amide bonds. The fourth-order valence-electron chi connectivity index (χ4n) is 0.310. The van der Waals surface area contributed by atoms with Crippen molar-refractivity contribution in [2.45, 2.75) is 0 Å². The predicted octanol–water partition coefficient (Wildman–Crippen LogP) is -1.14. The lowest BCUT2D eigenvalue weighted by molar-refractivity contribution is -0.119. The fraction of sp³-hybridized carbons (Fsp3) is 0.750. The van der Waals surface area contributed by atoms with Crippen molar-refractivity contribution in [3.8, 4) is 0 Å². The number of hydrogen-bond donors (Lipinski definition) is 2. The third-order valence-corrected chi connectivity index (χ3v) is 0.642. The second kappa shape index (κ2) is 5.17. The molecule has 2 N–H and O–H groups in total. The standard InChI is InChI=1S/C4H8N2O3/c7-2-1-5-4(8)3-6-9/h7H,1-3H2,(H,5,8). The summed E-state index contributed by atoms with van der Waals surface area (Å²) in [5.74, 6) is -0.459. The van der Waals surface area contributed by atoms with Crippen molar-refractivity contribution < 1.29 is 9.90 Å². The number of carbonyl (C=O) groups excluding carboxylic acids is 1. The summed E-state index contributed by atoms with van der Waals surface area (Å²) in [6.45, 7) is -0.320. The number of aliphatic hydroxyl groups is 1. The van der Waals surface area contributed by atoms with E-state index in [9.17, 15) is 9.70 Å². The first-order valence-electron chi connectivity index (χ1n) is 2.48. The van der Waals surface area contributed by atoms with E-state index in [2.05, 4.69) is 10.5 Å². The zero-order valence-corrected chi connectivity index (χ0v) is 4.83. The average molecular weight is 132 g/mol. The lowest BCUT2D eigenvalue weighted by Crippen LogP contribution is -2.28. The van der Waals surface area contributed by atoms with Crippen LogP contribution in [0.4, 0.5) is 0 Å². The molecule has 0 spiro atoms. The van der Waals surface area contributed by atoms with E-state index in [4.69, 9.17) is 5.11 Å². The molecular weight excluding hydrogens is 124 g/mol. The van der Waals surface area contributed by atoms with Crippen LogP contribution >= 0.6 is 0 Å². The van der Waals surface area contributed by atoms with Crippen molar-refractivity contribution in [1.29, 1.82) is 0 Å². The van der Waals surface area contributed by atoms with Crippen LogP contribution in [0.1, 0.15) is 0 Å². The minimum Gasteiger partial charge on any atom is -0.395 e. The molecule has 0 rings (SSSR count). The van der Waals surface area contributed by atoms with E-state index >= 15 is 0 Å². The molecule has 0 saturated heterocycles. The Balaban J connectivity index is 3.16. The number of nitrogens with one attached hydrogen (secondary N) is 1. The Labute approximate surface area is 52.0 Å². The third-order valence-electron chi connectivity index (χ3n) is 0.642. The molecule has 5 nitrogen and oxygen atoms in total. The van der Waals surface area contributed by atoms with E-state index < -0.39 is 5.91 Å². The molecular formula is C4H8N2O3. The Hall–Kier alpha value is -0.970. The number of carbonyl (C=O) groups is 1. The number of rotatable bonds is 4. The number of hydrogen-bond acceptors (Lipinski definition) is 4. The van der Waals surface area contributed by atoms with Crippen molar-refractivity contribution in [3.63, 3.8) is 0 Å². The Kier molecular flexibility index (Phi) is 4.61. The molecule has 0 bridgehead atoms. The first-order valence-corrected chi connectivity index (χ1v) is 2.48. The molecule has 52 valence electrons. The van der Waals surface area contributed by atoms with Gasteiger partial charge in [0.2, 0.25) is 5.91 Å². The van der Waals surface area contributed by atoms with Gasteiger partial charge in [-0.15, -0.1) is 0 Å². The predicted molar refractivity (Wildman–Crippen MR) is 30.8 cm³/mol. The van der Waals surface area contributed by atoms with Gasteiger partial charge in [0.25, 0.3) is 0 Å². The van der Waals surface area contributed by atoms with Crippen LogP contribution in [0.2, 0.25) is 0 Å². The minimum atomic E-state index is -0.459. The van der Waals surface area contributed by atoms with Gasteiger partial charge in [0.1, 0.15) is 0 Å². The van der Waals surface area contributed by atoms with Crippen LogP contribution in [0.25, 0.3) is 0 Å². The summed E-state index contributed by atoms with van der Waals surface area (Å²) in [4.78, 5) is 19.7. The second-order valence-corrected chi connectivity index (χ2v) is 1.36. The maximum atomic E-state index is 10.3. The largest absolute Gasteiger partial charge is 0.395 e. The van der Waals surface area contributed by atoms with Crippen LogP contribution in [0, 0.1) is 4.91 Å². The Morgan fingerprint density at radius 3 is 2.78 bits per heavy atom. The van der Waals surface area contributed by atoms with Crippen LogP contribution in [-0.4, -0.2) is 30.7 Å². The smallest absolute Gasteiger partial charge is 0.245 e. The van der Waals surface area contributed by atoms with Gasteiger partial charge in [-0.2, -0.15) is 4.91 Å². The zero-order chi connectivity index (χ0) is 7.11. The van der Waals surface area contributed by atoms with Crippen LogP contribution < -0.4 is 5.32 Å². The second-order valence-electron chi connectivity index (χ2n) is 1.36.